The average Bonchev–Trinajstić information content (AvgIpc) is 2.55. The molecule has 3 N–H and O–H groups in total. The smallest absolute Gasteiger partial charge is 0.306 e. The summed E-state index contributed by atoms with van der Waals surface area (Å²) in [4.78, 5) is 22.1. The van der Waals surface area contributed by atoms with Crippen molar-refractivity contribution >= 4 is 11.8 Å². The molecule has 0 spiro atoms. The Morgan fingerprint density at radius 3 is 1.92 bits per heavy atom. The van der Waals surface area contributed by atoms with Crippen LogP contribution in [0, 0.1) is 0 Å². The lowest BCUT2D eigenvalue weighted by Crippen LogP contribution is -2.30. The predicted octanol–water partition coefficient (Wildman–Crippen LogP) is 4.01. The van der Waals surface area contributed by atoms with Crippen LogP contribution in [0.3, 0.4) is 0 Å². The number of hydrogen-bond donors (Lipinski definition) is 3. The fourth-order valence-corrected chi connectivity index (χ4v) is 2.65. The van der Waals surface area contributed by atoms with Crippen LogP contribution in [0.5, 0.6) is 0 Å². The molecule has 0 aromatic carbocycles. The highest BCUT2D eigenvalue weighted by molar-refractivity contribution is 5.79. The molecule has 0 bridgehead atoms. The van der Waals surface area contributed by atoms with Crippen LogP contribution >= 0.6 is 0 Å². The zero-order valence-corrected chi connectivity index (χ0v) is 15.7. The molecule has 0 aliphatic carbocycles. The van der Waals surface area contributed by atoms with Gasteiger partial charge in [0, 0.05) is 12.8 Å². The second-order valence-electron chi connectivity index (χ2n) is 6.75. The third kappa shape index (κ3) is 16.0. The minimum Gasteiger partial charge on any atom is -0.481 e. The molecule has 0 rings (SSSR count). The van der Waals surface area contributed by atoms with Gasteiger partial charge < -0.3 is 15.3 Å². The molecule has 0 aliphatic rings. The van der Waals surface area contributed by atoms with Crippen LogP contribution in [0.4, 0.5) is 0 Å². The van der Waals surface area contributed by atoms with Gasteiger partial charge in [-0.1, -0.05) is 51.2 Å². The normalized spacial score (nSPS) is 13.9. The SMILES string of the molecule is CCCCC/C=C\CCCCCCCC(=O)CC(O)C(O)CC(=O)O. The zero-order chi connectivity index (χ0) is 18.9. The van der Waals surface area contributed by atoms with Crippen LogP contribution < -0.4 is 0 Å². The molecule has 0 fully saturated rings. The highest BCUT2D eigenvalue weighted by Gasteiger charge is 2.21. The van der Waals surface area contributed by atoms with E-state index in [2.05, 4.69) is 19.1 Å². The van der Waals surface area contributed by atoms with E-state index in [9.17, 15) is 19.8 Å². The van der Waals surface area contributed by atoms with Crippen molar-refractivity contribution in [2.45, 2.75) is 103 Å². The summed E-state index contributed by atoms with van der Waals surface area (Å²) in [6.07, 6.45) is 12.9. The van der Waals surface area contributed by atoms with Gasteiger partial charge in [0.15, 0.2) is 0 Å². The van der Waals surface area contributed by atoms with Crippen molar-refractivity contribution in [3.05, 3.63) is 12.2 Å². The van der Waals surface area contributed by atoms with Gasteiger partial charge >= 0.3 is 5.97 Å². The van der Waals surface area contributed by atoms with Crippen LogP contribution in [0.1, 0.15) is 90.4 Å². The highest BCUT2D eigenvalue weighted by Crippen LogP contribution is 2.11. The molecule has 146 valence electrons. The van der Waals surface area contributed by atoms with Gasteiger partial charge in [-0.15, -0.1) is 0 Å². The molecule has 0 radical (unpaired) electrons. The van der Waals surface area contributed by atoms with Crippen LogP contribution in [0.25, 0.3) is 0 Å². The van der Waals surface area contributed by atoms with E-state index in [1.54, 1.807) is 0 Å². The summed E-state index contributed by atoms with van der Waals surface area (Å²) in [5.74, 6) is -1.30. The molecule has 0 aromatic rings. The fourth-order valence-electron chi connectivity index (χ4n) is 2.65. The van der Waals surface area contributed by atoms with Crippen molar-refractivity contribution in [2.75, 3.05) is 0 Å². The van der Waals surface area contributed by atoms with Gasteiger partial charge in [0.25, 0.3) is 0 Å². The second kappa shape index (κ2) is 16.3. The molecule has 5 nitrogen and oxygen atoms in total. The standard InChI is InChI=1S/C20H36O5/c1-2-3-4-5-6-7-8-9-10-11-12-13-14-17(21)15-18(22)19(23)16-20(24)25/h6-7,18-19,22-23H,2-5,8-16H2,1H3,(H,24,25)/b7-6-. The number of carbonyl (C=O) groups excluding carboxylic acids is 1. The number of ketones is 1. The van der Waals surface area contributed by atoms with E-state index in [1.807, 2.05) is 0 Å². The number of aliphatic hydroxyl groups is 2. The molecule has 25 heavy (non-hydrogen) atoms. The van der Waals surface area contributed by atoms with Crippen molar-refractivity contribution in [3.63, 3.8) is 0 Å². The first kappa shape index (κ1) is 23.8. The third-order valence-corrected chi connectivity index (χ3v) is 4.23. The number of carboxylic acids is 1. The van der Waals surface area contributed by atoms with Gasteiger partial charge in [-0.25, -0.2) is 0 Å². The summed E-state index contributed by atoms with van der Waals surface area (Å²) in [5, 5.41) is 27.5. The van der Waals surface area contributed by atoms with E-state index in [-0.39, 0.29) is 12.2 Å². The van der Waals surface area contributed by atoms with E-state index in [1.165, 1.54) is 32.1 Å². The molecule has 0 heterocycles. The monoisotopic (exact) mass is 356 g/mol. The van der Waals surface area contributed by atoms with Crippen molar-refractivity contribution in [3.8, 4) is 0 Å². The lowest BCUT2D eigenvalue weighted by molar-refractivity contribution is -0.142. The second-order valence-corrected chi connectivity index (χ2v) is 6.75. The maximum Gasteiger partial charge on any atom is 0.306 e. The molecule has 0 saturated carbocycles. The Morgan fingerprint density at radius 2 is 1.32 bits per heavy atom. The van der Waals surface area contributed by atoms with Gasteiger partial charge in [0.1, 0.15) is 5.78 Å². The summed E-state index contributed by atoms with van der Waals surface area (Å²) < 4.78 is 0. The van der Waals surface area contributed by atoms with Crippen LogP contribution in [-0.2, 0) is 9.59 Å². The first-order chi connectivity index (χ1) is 12.0. The molecule has 0 amide bonds. The Kier molecular flexibility index (Phi) is 15.5. The Balaban J connectivity index is 3.50. The van der Waals surface area contributed by atoms with E-state index < -0.39 is 24.6 Å². The molecule has 2 atom stereocenters. The predicted molar refractivity (Wildman–Crippen MR) is 99.5 cm³/mol. The first-order valence-electron chi connectivity index (χ1n) is 9.72. The summed E-state index contributed by atoms with van der Waals surface area (Å²) in [7, 11) is 0. The van der Waals surface area contributed by atoms with Gasteiger partial charge in [-0.05, 0) is 32.1 Å². The van der Waals surface area contributed by atoms with Gasteiger partial charge in [-0.3, -0.25) is 9.59 Å². The number of aliphatic carboxylic acids is 1. The molecular formula is C20H36O5. The summed E-state index contributed by atoms with van der Waals surface area (Å²) in [5.41, 5.74) is 0. The van der Waals surface area contributed by atoms with Crippen molar-refractivity contribution in [2.24, 2.45) is 0 Å². The maximum atomic E-state index is 11.7. The zero-order valence-electron chi connectivity index (χ0n) is 15.7. The Hall–Kier alpha value is -1.20. The first-order valence-corrected chi connectivity index (χ1v) is 9.72. The Bertz CT molecular complexity index is 378. The van der Waals surface area contributed by atoms with Crippen molar-refractivity contribution < 1.29 is 24.9 Å². The summed E-state index contributed by atoms with van der Waals surface area (Å²) >= 11 is 0. The van der Waals surface area contributed by atoms with Gasteiger partial charge in [0.2, 0.25) is 0 Å². The minimum absolute atomic E-state index is 0.119. The van der Waals surface area contributed by atoms with Crippen LogP contribution in [0.15, 0.2) is 12.2 Å². The molecule has 0 saturated heterocycles. The minimum atomic E-state index is -1.38. The maximum absolute atomic E-state index is 11.7. The molecule has 2 unspecified atom stereocenters. The van der Waals surface area contributed by atoms with Crippen LogP contribution in [0.2, 0.25) is 0 Å². The number of carbonyl (C=O) groups is 2. The van der Waals surface area contributed by atoms with Gasteiger partial charge in [-0.2, -0.15) is 0 Å². The van der Waals surface area contributed by atoms with Crippen LogP contribution in [-0.4, -0.2) is 39.3 Å². The number of unbranched alkanes of at least 4 members (excludes halogenated alkanes) is 8. The van der Waals surface area contributed by atoms with E-state index in [0.717, 1.165) is 32.1 Å². The van der Waals surface area contributed by atoms with Crippen molar-refractivity contribution in [1.82, 2.24) is 0 Å². The molecular weight excluding hydrogens is 320 g/mol. The largest absolute Gasteiger partial charge is 0.481 e. The summed E-state index contributed by atoms with van der Waals surface area (Å²) in [6.45, 7) is 2.21. The molecule has 0 aromatic heterocycles. The highest BCUT2D eigenvalue weighted by atomic mass is 16.4. The lowest BCUT2D eigenvalue weighted by Gasteiger charge is -2.15. The van der Waals surface area contributed by atoms with Gasteiger partial charge in [0.05, 0.1) is 18.6 Å². The average molecular weight is 357 g/mol. The number of aliphatic hydroxyl groups excluding tert-OH is 2. The van der Waals surface area contributed by atoms with Crippen molar-refractivity contribution in [1.29, 1.82) is 0 Å². The third-order valence-electron chi connectivity index (χ3n) is 4.23. The Morgan fingerprint density at radius 1 is 0.800 bits per heavy atom. The summed E-state index contributed by atoms with van der Waals surface area (Å²) in [6, 6.07) is 0. The quantitative estimate of drug-likeness (QED) is 0.270. The van der Waals surface area contributed by atoms with E-state index in [0.29, 0.717) is 6.42 Å². The molecule has 0 aliphatic heterocycles. The topological polar surface area (TPSA) is 94.8 Å². The fraction of sp³-hybridized carbons (Fsp3) is 0.800. The Labute approximate surface area is 152 Å². The number of Topliss-reactive ketones (excluding diaryl/α,β-unsaturated/α-hetero) is 1. The lowest BCUT2D eigenvalue weighted by atomic mass is 10.0. The number of carboxylic acid groups (broad SMARTS) is 1. The number of rotatable bonds is 17. The van der Waals surface area contributed by atoms with E-state index in [4.69, 9.17) is 5.11 Å². The molecule has 5 heteroatoms. The number of hydrogen-bond acceptors (Lipinski definition) is 4. The van der Waals surface area contributed by atoms with E-state index >= 15 is 0 Å². The number of allylic oxidation sites excluding steroid dienone is 2.